The number of Topliss-reactive ketones (excluding diaryl/α,β-unsaturated/α-hetero) is 1. The molecule has 0 bridgehead atoms. The Morgan fingerprint density at radius 1 is 1.43 bits per heavy atom. The second kappa shape index (κ2) is 5.83. The number of aromatic nitrogens is 1. The van der Waals surface area contributed by atoms with Crippen LogP contribution in [0.3, 0.4) is 0 Å². The summed E-state index contributed by atoms with van der Waals surface area (Å²) >= 11 is 6.87. The van der Waals surface area contributed by atoms with Crippen LogP contribution in [0.25, 0.3) is 0 Å². The van der Waals surface area contributed by atoms with Gasteiger partial charge in [-0.1, -0.05) is 0 Å². The number of hydrogen-bond acceptors (Lipinski definition) is 1. The molecular formula is C9H8I3NO. The lowest BCUT2D eigenvalue weighted by atomic mass is 10.3. The predicted octanol–water partition coefficient (Wildman–Crippen LogP) is 4.16. The van der Waals surface area contributed by atoms with Crippen molar-refractivity contribution in [3.8, 4) is 0 Å². The number of ketones is 1. The summed E-state index contributed by atoms with van der Waals surface area (Å²) in [6.45, 7) is 2.38. The fraction of sp³-hybridized carbons (Fsp3) is 0.222. The fourth-order valence-electron chi connectivity index (χ4n) is 1.08. The molecule has 1 rings (SSSR count). The number of hydrogen-bond donors (Lipinski definition) is 0. The van der Waals surface area contributed by atoms with Crippen molar-refractivity contribution in [1.29, 1.82) is 0 Å². The van der Waals surface area contributed by atoms with Gasteiger partial charge in [-0.25, -0.2) is 0 Å². The largest absolute Gasteiger partial charge is 0.340 e. The van der Waals surface area contributed by atoms with Crippen LogP contribution in [-0.4, -0.2) is 10.4 Å². The van der Waals surface area contributed by atoms with Gasteiger partial charge in [-0.2, -0.15) is 0 Å². The summed E-state index contributed by atoms with van der Waals surface area (Å²) in [4.78, 5) is 11.2. The number of carbonyl (C=O) groups excluding carboxylic acids is 1. The molecule has 1 aromatic heterocycles. The first kappa shape index (κ1) is 12.9. The molecule has 0 spiro atoms. The van der Waals surface area contributed by atoms with E-state index < -0.39 is 0 Å². The third-order valence-corrected chi connectivity index (χ3v) is 5.95. The number of nitrogens with zero attached hydrogens (tertiary/aromatic N) is 1. The Kier molecular flexibility index (Phi) is 5.39. The first-order valence-corrected chi connectivity index (χ1v) is 7.11. The lowest BCUT2D eigenvalue weighted by molar-refractivity contribution is 0.100. The Labute approximate surface area is 124 Å². The van der Waals surface area contributed by atoms with E-state index in [1.165, 1.54) is 5.17 Å². The van der Waals surface area contributed by atoms with Gasteiger partial charge < -0.3 is 4.57 Å². The van der Waals surface area contributed by atoms with Gasteiger partial charge in [0.25, 0.3) is 0 Å². The Morgan fingerprint density at radius 2 is 2.07 bits per heavy atom. The molecule has 0 saturated heterocycles. The highest BCUT2D eigenvalue weighted by Gasteiger charge is 2.07. The average Bonchev–Trinajstić information content (AvgIpc) is 2.52. The van der Waals surface area contributed by atoms with Gasteiger partial charge in [0.05, 0.1) is 13.8 Å². The van der Waals surface area contributed by atoms with Crippen LogP contribution in [0.2, 0.25) is 0 Å². The van der Waals surface area contributed by atoms with Gasteiger partial charge >= 0.3 is 0 Å². The third kappa shape index (κ3) is 3.47. The highest BCUT2D eigenvalue weighted by Crippen LogP contribution is 2.26. The van der Waals surface area contributed by atoms with E-state index in [1.807, 2.05) is 22.9 Å². The van der Waals surface area contributed by atoms with Crippen molar-refractivity contribution in [2.75, 3.05) is 0 Å². The van der Waals surface area contributed by atoms with Crippen LogP contribution in [-0.2, 0) is 6.54 Å². The van der Waals surface area contributed by atoms with E-state index in [0.717, 1.165) is 12.2 Å². The number of allylic oxidation sites excluding steroid dienone is 1. The lowest BCUT2D eigenvalue weighted by Crippen LogP contribution is -2.05. The molecule has 76 valence electrons. The van der Waals surface area contributed by atoms with Crippen molar-refractivity contribution in [1.82, 2.24) is 4.57 Å². The zero-order valence-electron chi connectivity index (χ0n) is 7.43. The molecule has 0 aliphatic heterocycles. The maximum Gasteiger partial charge on any atom is 0.176 e. The molecule has 2 nitrogen and oxygen atoms in total. The van der Waals surface area contributed by atoms with Gasteiger partial charge in [-0.15, -0.1) is 0 Å². The summed E-state index contributed by atoms with van der Waals surface area (Å²) in [5, 5.41) is 0. The van der Waals surface area contributed by atoms with Crippen LogP contribution in [0.5, 0.6) is 0 Å². The van der Waals surface area contributed by atoms with E-state index >= 15 is 0 Å². The van der Waals surface area contributed by atoms with Gasteiger partial charge in [0.1, 0.15) is 0 Å². The van der Waals surface area contributed by atoms with Crippen LogP contribution < -0.4 is 0 Å². The maximum absolute atomic E-state index is 11.2. The Balaban J connectivity index is 2.93. The molecule has 0 amide bonds. The van der Waals surface area contributed by atoms with Crippen molar-refractivity contribution in [2.45, 2.75) is 13.5 Å². The molecule has 14 heavy (non-hydrogen) atoms. The van der Waals surface area contributed by atoms with E-state index in [0.29, 0.717) is 0 Å². The first-order valence-electron chi connectivity index (χ1n) is 3.88. The van der Waals surface area contributed by atoms with Gasteiger partial charge in [-0.05, 0) is 79.9 Å². The first-order chi connectivity index (χ1) is 6.52. The van der Waals surface area contributed by atoms with Gasteiger partial charge in [0, 0.05) is 16.7 Å². The molecule has 0 unspecified atom stereocenters. The van der Waals surface area contributed by atoms with E-state index in [-0.39, 0.29) is 5.78 Å². The number of rotatable bonds is 3. The average molecular weight is 527 g/mol. The van der Waals surface area contributed by atoms with Gasteiger partial charge in [0.2, 0.25) is 0 Å². The summed E-state index contributed by atoms with van der Waals surface area (Å²) in [6.07, 6.45) is 1.94. The molecule has 1 heterocycles. The molecule has 0 radical (unpaired) electrons. The molecule has 1 aromatic rings. The Morgan fingerprint density at radius 3 is 2.57 bits per heavy atom. The minimum atomic E-state index is 0.114. The van der Waals surface area contributed by atoms with Crippen molar-refractivity contribution >= 4 is 73.6 Å². The normalized spacial score (nSPS) is 10.0. The molecule has 0 aliphatic rings. The summed E-state index contributed by atoms with van der Waals surface area (Å²) < 4.78 is 4.47. The number of halogens is 3. The van der Waals surface area contributed by atoms with Crippen LogP contribution in [0.4, 0.5) is 0 Å². The molecule has 0 atom stereocenters. The molecule has 5 heteroatoms. The minimum Gasteiger partial charge on any atom is -0.340 e. The maximum atomic E-state index is 11.2. The zero-order chi connectivity index (χ0) is 10.7. The van der Waals surface area contributed by atoms with E-state index in [2.05, 4.69) is 67.8 Å². The van der Waals surface area contributed by atoms with E-state index in [1.54, 1.807) is 6.92 Å². The van der Waals surface area contributed by atoms with Crippen LogP contribution in [0.15, 0.2) is 23.5 Å². The highest BCUT2D eigenvalue weighted by molar-refractivity contribution is 14.2. The summed E-state index contributed by atoms with van der Waals surface area (Å²) in [5.41, 5.74) is 0.771. The Hall–Kier alpha value is 0.880. The topological polar surface area (TPSA) is 22.0 Å². The fourth-order valence-corrected chi connectivity index (χ4v) is 1.79. The highest BCUT2D eigenvalue weighted by atomic mass is 127. The van der Waals surface area contributed by atoms with Crippen molar-refractivity contribution in [2.24, 2.45) is 0 Å². The SMILES string of the molecule is CC(=O)c1cccn1CC(I)=C(I)I. The van der Waals surface area contributed by atoms with Crippen LogP contribution in [0.1, 0.15) is 17.4 Å². The molecule has 0 fully saturated rings. The molecule has 0 aromatic carbocycles. The van der Waals surface area contributed by atoms with Crippen molar-refractivity contribution in [3.05, 3.63) is 29.2 Å². The lowest BCUT2D eigenvalue weighted by Gasteiger charge is -2.06. The zero-order valence-corrected chi connectivity index (χ0v) is 13.9. The molecule has 0 aliphatic carbocycles. The van der Waals surface area contributed by atoms with Crippen LogP contribution >= 0.6 is 67.8 Å². The minimum absolute atomic E-state index is 0.114. The summed E-state index contributed by atoms with van der Waals surface area (Å²) in [7, 11) is 0. The van der Waals surface area contributed by atoms with Crippen molar-refractivity contribution < 1.29 is 4.79 Å². The number of carbonyl (C=O) groups is 1. The molecular weight excluding hydrogens is 519 g/mol. The third-order valence-electron chi connectivity index (χ3n) is 1.70. The monoisotopic (exact) mass is 527 g/mol. The van der Waals surface area contributed by atoms with Gasteiger partial charge in [0.15, 0.2) is 5.78 Å². The summed E-state index contributed by atoms with van der Waals surface area (Å²) in [6, 6.07) is 3.76. The van der Waals surface area contributed by atoms with Crippen LogP contribution in [0, 0.1) is 0 Å². The van der Waals surface area contributed by atoms with Gasteiger partial charge in [-0.3, -0.25) is 4.79 Å². The molecule has 0 saturated carbocycles. The van der Waals surface area contributed by atoms with E-state index in [4.69, 9.17) is 0 Å². The second-order valence-electron chi connectivity index (χ2n) is 2.74. The van der Waals surface area contributed by atoms with E-state index in [9.17, 15) is 4.79 Å². The summed E-state index contributed by atoms with van der Waals surface area (Å²) in [5.74, 6) is 0.114. The second-order valence-corrected chi connectivity index (χ2v) is 8.27. The Bertz CT molecular complexity index is 377. The molecule has 0 N–H and O–H groups in total. The predicted molar refractivity (Wildman–Crippen MR) is 83.5 cm³/mol. The quantitative estimate of drug-likeness (QED) is 0.428. The van der Waals surface area contributed by atoms with Crippen molar-refractivity contribution in [3.63, 3.8) is 0 Å². The smallest absolute Gasteiger partial charge is 0.176 e. The standard InChI is InChI=1S/C9H8I3NO/c1-6(14)8-3-2-4-13(8)5-7(10)9(11)12/h2-4H,5H2,1H3.